The number of carbonyl (C=O) groups is 2. The largest absolute Gasteiger partial charge is 0.481 e. The van der Waals surface area contributed by atoms with E-state index < -0.39 is 17.6 Å². The van der Waals surface area contributed by atoms with Crippen molar-refractivity contribution < 1.29 is 23.5 Å². The number of fused-ring (bicyclic) bond motifs is 1. The van der Waals surface area contributed by atoms with Gasteiger partial charge in [0.25, 0.3) is 0 Å². The zero-order valence-electron chi connectivity index (χ0n) is 15.9. The first-order valence-corrected chi connectivity index (χ1v) is 9.79. The Morgan fingerprint density at radius 1 is 1.07 bits per heavy atom. The fourth-order valence-corrected chi connectivity index (χ4v) is 4.23. The number of carboxylic acids is 1. The molecule has 1 saturated carbocycles. The lowest BCUT2D eigenvalue weighted by molar-refractivity contribution is -0.138. The van der Waals surface area contributed by atoms with Gasteiger partial charge >= 0.3 is 5.97 Å². The number of carboxylic acid groups (broad SMARTS) is 1. The Kier molecular flexibility index (Phi) is 5.29. The van der Waals surface area contributed by atoms with Crippen molar-refractivity contribution in [2.75, 3.05) is 0 Å². The average Bonchev–Trinajstić information content (AvgIpc) is 3.33. The van der Waals surface area contributed by atoms with Crippen LogP contribution in [0.3, 0.4) is 0 Å². The predicted molar refractivity (Wildman–Crippen MR) is 97.6 cm³/mol. The van der Waals surface area contributed by atoms with E-state index in [1.54, 1.807) is 15.8 Å². The third-order valence-corrected chi connectivity index (χ3v) is 5.85. The van der Waals surface area contributed by atoms with Gasteiger partial charge in [-0.05, 0) is 48.9 Å². The quantitative estimate of drug-likeness (QED) is 0.828. The Bertz CT molecular complexity index is 907. The SMILES string of the molecule is O=C(O)CCc1cn(C2CCC(C(=O)N3Cc4cc(F)c(F)cc4C3)CC2)nn1. The van der Waals surface area contributed by atoms with Crippen LogP contribution in [-0.2, 0) is 29.1 Å². The summed E-state index contributed by atoms with van der Waals surface area (Å²) in [5.74, 6) is -2.71. The summed E-state index contributed by atoms with van der Waals surface area (Å²) in [5.41, 5.74) is 1.99. The van der Waals surface area contributed by atoms with Gasteiger partial charge in [-0.1, -0.05) is 5.21 Å². The maximum absolute atomic E-state index is 13.4. The first kappa shape index (κ1) is 19.5. The summed E-state index contributed by atoms with van der Waals surface area (Å²) in [4.78, 5) is 25.2. The number of carbonyl (C=O) groups excluding carboxylic acids is 1. The number of amides is 1. The van der Waals surface area contributed by atoms with E-state index in [9.17, 15) is 18.4 Å². The summed E-state index contributed by atoms with van der Waals surface area (Å²) in [6, 6.07) is 2.51. The molecule has 2 aromatic rings. The predicted octanol–water partition coefficient (Wildman–Crippen LogP) is 2.85. The van der Waals surface area contributed by atoms with Crippen LogP contribution in [-0.4, -0.2) is 36.9 Å². The van der Waals surface area contributed by atoms with Crippen LogP contribution in [0, 0.1) is 17.6 Å². The lowest BCUT2D eigenvalue weighted by atomic mass is 9.85. The number of aromatic nitrogens is 3. The number of hydrogen-bond acceptors (Lipinski definition) is 4. The third-order valence-electron chi connectivity index (χ3n) is 5.85. The van der Waals surface area contributed by atoms with Crippen molar-refractivity contribution in [2.24, 2.45) is 5.92 Å². The van der Waals surface area contributed by atoms with Crippen LogP contribution >= 0.6 is 0 Å². The minimum Gasteiger partial charge on any atom is -0.481 e. The Labute approximate surface area is 166 Å². The molecule has 1 amide bonds. The van der Waals surface area contributed by atoms with E-state index in [0.717, 1.165) is 12.8 Å². The number of rotatable bonds is 5. The van der Waals surface area contributed by atoms with Gasteiger partial charge in [-0.25, -0.2) is 13.5 Å². The number of halogens is 2. The molecule has 29 heavy (non-hydrogen) atoms. The standard InChI is InChI=1S/C20H22F2N4O3/c21-17-7-13-9-25(10-14(13)8-18(17)22)20(29)12-1-4-16(5-2-12)26-11-15(23-24-26)3-6-19(27)28/h7-8,11-12,16H,1-6,9-10H2,(H,27,28). The van der Waals surface area contributed by atoms with E-state index in [-0.39, 0.29) is 24.3 Å². The molecular formula is C20H22F2N4O3. The number of nitrogens with zero attached hydrogens (tertiary/aromatic N) is 4. The van der Waals surface area contributed by atoms with Crippen LogP contribution in [0.1, 0.15) is 55.0 Å². The second kappa shape index (κ2) is 7.88. The molecule has 9 heteroatoms. The Morgan fingerprint density at radius 2 is 1.69 bits per heavy atom. The molecule has 1 aromatic heterocycles. The van der Waals surface area contributed by atoms with Gasteiger partial charge in [-0.3, -0.25) is 9.59 Å². The molecule has 1 aliphatic carbocycles. The molecule has 0 atom stereocenters. The molecule has 1 fully saturated rings. The van der Waals surface area contributed by atoms with Gasteiger partial charge in [-0.15, -0.1) is 5.10 Å². The van der Waals surface area contributed by atoms with E-state index in [4.69, 9.17) is 5.11 Å². The molecule has 1 N–H and O–H groups in total. The summed E-state index contributed by atoms with van der Waals surface area (Å²) in [5, 5.41) is 16.9. The van der Waals surface area contributed by atoms with Crippen molar-refractivity contribution in [1.82, 2.24) is 19.9 Å². The fourth-order valence-electron chi connectivity index (χ4n) is 4.23. The highest BCUT2D eigenvalue weighted by Crippen LogP contribution is 2.35. The molecule has 0 unspecified atom stereocenters. The molecule has 2 aliphatic rings. The molecule has 1 aromatic carbocycles. The highest BCUT2D eigenvalue weighted by atomic mass is 19.2. The van der Waals surface area contributed by atoms with E-state index in [1.165, 1.54) is 12.1 Å². The molecule has 4 rings (SSSR count). The van der Waals surface area contributed by atoms with Crippen LogP contribution in [0.4, 0.5) is 8.78 Å². The number of aliphatic carboxylic acids is 1. The van der Waals surface area contributed by atoms with Crippen molar-refractivity contribution in [2.45, 2.75) is 57.7 Å². The molecule has 2 heterocycles. The second-order valence-electron chi connectivity index (χ2n) is 7.82. The summed E-state index contributed by atoms with van der Waals surface area (Å²) in [7, 11) is 0. The number of hydrogen-bond donors (Lipinski definition) is 1. The van der Waals surface area contributed by atoms with Gasteiger partial charge in [-0.2, -0.15) is 0 Å². The van der Waals surface area contributed by atoms with E-state index in [1.807, 2.05) is 0 Å². The zero-order chi connectivity index (χ0) is 20.5. The number of aryl methyl sites for hydroxylation is 1. The van der Waals surface area contributed by atoms with Crippen molar-refractivity contribution in [3.63, 3.8) is 0 Å². The van der Waals surface area contributed by atoms with Crippen LogP contribution < -0.4 is 0 Å². The minimum absolute atomic E-state index is 0.0198. The summed E-state index contributed by atoms with van der Waals surface area (Å²) >= 11 is 0. The Hall–Kier alpha value is -2.84. The monoisotopic (exact) mass is 404 g/mol. The molecule has 0 radical (unpaired) electrons. The highest BCUT2D eigenvalue weighted by molar-refractivity contribution is 5.79. The first-order valence-electron chi connectivity index (χ1n) is 9.79. The topological polar surface area (TPSA) is 88.3 Å². The smallest absolute Gasteiger partial charge is 0.303 e. The van der Waals surface area contributed by atoms with Gasteiger partial charge in [0.2, 0.25) is 5.91 Å². The molecule has 0 spiro atoms. The fraction of sp³-hybridized carbons (Fsp3) is 0.500. The van der Waals surface area contributed by atoms with Crippen LogP contribution in [0.2, 0.25) is 0 Å². The summed E-state index contributed by atoms with van der Waals surface area (Å²) in [6.07, 6.45) is 5.14. The lowest BCUT2D eigenvalue weighted by Gasteiger charge is -2.30. The first-order chi connectivity index (χ1) is 13.9. The minimum atomic E-state index is -0.880. The molecular weight excluding hydrogens is 382 g/mol. The van der Waals surface area contributed by atoms with Crippen LogP contribution in [0.15, 0.2) is 18.3 Å². The molecule has 0 bridgehead atoms. The second-order valence-corrected chi connectivity index (χ2v) is 7.82. The number of benzene rings is 1. The van der Waals surface area contributed by atoms with Crippen molar-refractivity contribution in [3.8, 4) is 0 Å². The van der Waals surface area contributed by atoms with Gasteiger partial charge in [0.15, 0.2) is 11.6 Å². The van der Waals surface area contributed by atoms with Gasteiger partial charge < -0.3 is 10.0 Å². The van der Waals surface area contributed by atoms with Crippen molar-refractivity contribution in [3.05, 3.63) is 46.8 Å². The Balaban J connectivity index is 1.32. The average molecular weight is 404 g/mol. The van der Waals surface area contributed by atoms with Crippen LogP contribution in [0.5, 0.6) is 0 Å². The van der Waals surface area contributed by atoms with Gasteiger partial charge in [0, 0.05) is 31.6 Å². The normalized spacial score (nSPS) is 21.2. The lowest BCUT2D eigenvalue weighted by Crippen LogP contribution is -2.34. The van der Waals surface area contributed by atoms with Crippen molar-refractivity contribution in [1.29, 1.82) is 0 Å². The molecule has 1 aliphatic heterocycles. The maximum Gasteiger partial charge on any atom is 0.303 e. The zero-order valence-corrected chi connectivity index (χ0v) is 15.9. The van der Waals surface area contributed by atoms with E-state index in [2.05, 4.69) is 10.3 Å². The Morgan fingerprint density at radius 3 is 2.28 bits per heavy atom. The summed E-state index contributed by atoms with van der Waals surface area (Å²) < 4.78 is 28.6. The van der Waals surface area contributed by atoms with Gasteiger partial charge in [0.05, 0.1) is 18.2 Å². The van der Waals surface area contributed by atoms with Crippen molar-refractivity contribution >= 4 is 11.9 Å². The summed E-state index contributed by atoms with van der Waals surface area (Å²) in [6.45, 7) is 0.641. The maximum atomic E-state index is 13.4. The molecule has 154 valence electrons. The van der Waals surface area contributed by atoms with Crippen LogP contribution in [0.25, 0.3) is 0 Å². The van der Waals surface area contributed by atoms with E-state index >= 15 is 0 Å². The third kappa shape index (κ3) is 4.13. The molecule has 7 nitrogen and oxygen atoms in total. The van der Waals surface area contributed by atoms with Gasteiger partial charge in [0.1, 0.15) is 0 Å². The highest BCUT2D eigenvalue weighted by Gasteiger charge is 2.33. The molecule has 0 saturated heterocycles. The van der Waals surface area contributed by atoms with E-state index in [0.29, 0.717) is 49.2 Å².